The molecule has 0 heterocycles. The number of hydrogen-bond acceptors (Lipinski definition) is 1. The van der Waals surface area contributed by atoms with Crippen LogP contribution in [0.3, 0.4) is 0 Å². The summed E-state index contributed by atoms with van der Waals surface area (Å²) in [6, 6.07) is 10.5. The Kier molecular flexibility index (Phi) is 4.51. The molecule has 2 aromatic rings. The average Bonchev–Trinajstić information content (AvgIpc) is 2.37. The maximum absolute atomic E-state index is 12.3. The van der Waals surface area contributed by atoms with Gasteiger partial charge in [-0.25, -0.2) is 0 Å². The number of hydrogen-bond donors (Lipinski definition) is 0. The molecule has 0 unspecified atom stereocenters. The van der Waals surface area contributed by atoms with Crippen molar-refractivity contribution < 1.29 is 4.79 Å². The number of halogens is 3. The molecular formula is C15H11Cl3O. The summed E-state index contributed by atoms with van der Waals surface area (Å²) in [6.07, 6.45) is 0.183. The van der Waals surface area contributed by atoms with Crippen molar-refractivity contribution in [3.8, 4) is 0 Å². The van der Waals surface area contributed by atoms with Crippen molar-refractivity contribution in [3.05, 3.63) is 68.2 Å². The van der Waals surface area contributed by atoms with Gasteiger partial charge in [0.25, 0.3) is 0 Å². The van der Waals surface area contributed by atoms with Crippen molar-refractivity contribution in [2.75, 3.05) is 0 Å². The zero-order valence-corrected chi connectivity index (χ0v) is 12.5. The SMILES string of the molecule is Cc1cccc(C(=O)Cc2cc(Cl)ccc2Cl)c1Cl. The van der Waals surface area contributed by atoms with E-state index in [2.05, 4.69) is 0 Å². The number of benzene rings is 2. The molecular weight excluding hydrogens is 303 g/mol. The fourth-order valence-corrected chi connectivity index (χ4v) is 2.42. The Morgan fingerprint density at radius 2 is 1.84 bits per heavy atom. The molecule has 0 amide bonds. The lowest BCUT2D eigenvalue weighted by Crippen LogP contribution is -2.05. The van der Waals surface area contributed by atoms with Gasteiger partial charge in [-0.3, -0.25) is 4.79 Å². The van der Waals surface area contributed by atoms with Gasteiger partial charge in [-0.05, 0) is 42.3 Å². The molecule has 2 aromatic carbocycles. The molecule has 0 aliphatic carbocycles. The van der Waals surface area contributed by atoms with E-state index in [9.17, 15) is 4.79 Å². The zero-order valence-electron chi connectivity index (χ0n) is 10.2. The van der Waals surface area contributed by atoms with Crippen LogP contribution in [0.2, 0.25) is 15.1 Å². The summed E-state index contributed by atoms with van der Waals surface area (Å²) in [4.78, 5) is 12.3. The number of carbonyl (C=O) groups excluding carboxylic acids is 1. The van der Waals surface area contributed by atoms with Crippen LogP contribution in [0.25, 0.3) is 0 Å². The lowest BCUT2D eigenvalue weighted by molar-refractivity contribution is 0.0993. The molecule has 0 aromatic heterocycles. The van der Waals surface area contributed by atoms with E-state index in [4.69, 9.17) is 34.8 Å². The van der Waals surface area contributed by atoms with Crippen molar-refractivity contribution >= 4 is 40.6 Å². The molecule has 1 nitrogen and oxygen atoms in total. The van der Waals surface area contributed by atoms with Crippen LogP contribution in [-0.4, -0.2) is 5.78 Å². The number of ketones is 1. The highest BCUT2D eigenvalue weighted by Crippen LogP contribution is 2.25. The van der Waals surface area contributed by atoms with Crippen LogP contribution in [0, 0.1) is 6.92 Å². The average molecular weight is 314 g/mol. The van der Waals surface area contributed by atoms with Crippen molar-refractivity contribution in [1.82, 2.24) is 0 Å². The van der Waals surface area contributed by atoms with Gasteiger partial charge >= 0.3 is 0 Å². The van der Waals surface area contributed by atoms with Gasteiger partial charge in [0.1, 0.15) is 0 Å². The molecule has 2 rings (SSSR count). The van der Waals surface area contributed by atoms with E-state index in [1.807, 2.05) is 19.1 Å². The van der Waals surface area contributed by atoms with Gasteiger partial charge in [0.2, 0.25) is 0 Å². The molecule has 0 fully saturated rings. The molecule has 0 spiro atoms. The largest absolute Gasteiger partial charge is 0.294 e. The van der Waals surface area contributed by atoms with Gasteiger partial charge in [0, 0.05) is 22.0 Å². The Morgan fingerprint density at radius 3 is 2.58 bits per heavy atom. The molecule has 0 aliphatic rings. The van der Waals surface area contributed by atoms with Gasteiger partial charge in [-0.1, -0.05) is 46.9 Å². The molecule has 98 valence electrons. The Bertz CT molecular complexity index is 635. The zero-order chi connectivity index (χ0) is 14.0. The van der Waals surface area contributed by atoms with Crippen molar-refractivity contribution in [2.24, 2.45) is 0 Å². The second kappa shape index (κ2) is 5.96. The Balaban J connectivity index is 2.31. The van der Waals surface area contributed by atoms with Crippen LogP contribution in [0.1, 0.15) is 21.5 Å². The summed E-state index contributed by atoms with van der Waals surface area (Å²) in [6.45, 7) is 1.87. The maximum Gasteiger partial charge on any atom is 0.168 e. The molecule has 0 saturated heterocycles. The molecule has 0 atom stereocenters. The monoisotopic (exact) mass is 312 g/mol. The van der Waals surface area contributed by atoms with Crippen LogP contribution in [0.5, 0.6) is 0 Å². The van der Waals surface area contributed by atoms with E-state index in [1.165, 1.54) is 0 Å². The number of aryl methyl sites for hydroxylation is 1. The third-order valence-electron chi connectivity index (χ3n) is 2.85. The van der Waals surface area contributed by atoms with Crippen LogP contribution in [0.4, 0.5) is 0 Å². The lowest BCUT2D eigenvalue weighted by atomic mass is 10.0. The van der Waals surface area contributed by atoms with Gasteiger partial charge in [-0.15, -0.1) is 0 Å². The standard InChI is InChI=1S/C15H11Cl3O/c1-9-3-2-4-12(15(9)18)14(19)8-10-7-11(16)5-6-13(10)17/h2-7H,8H2,1H3. The fraction of sp³-hybridized carbons (Fsp3) is 0.133. The Hall–Kier alpha value is -1.02. The predicted octanol–water partition coefficient (Wildman–Crippen LogP) is 5.38. The van der Waals surface area contributed by atoms with E-state index < -0.39 is 0 Å². The first kappa shape index (κ1) is 14.4. The summed E-state index contributed by atoms with van der Waals surface area (Å²) < 4.78 is 0. The predicted molar refractivity (Wildman–Crippen MR) is 80.7 cm³/mol. The van der Waals surface area contributed by atoms with Crippen LogP contribution in [-0.2, 0) is 6.42 Å². The second-order valence-electron chi connectivity index (χ2n) is 4.27. The van der Waals surface area contributed by atoms with Crippen LogP contribution >= 0.6 is 34.8 Å². The van der Waals surface area contributed by atoms with Crippen molar-refractivity contribution in [1.29, 1.82) is 0 Å². The smallest absolute Gasteiger partial charge is 0.168 e. The maximum atomic E-state index is 12.3. The molecule has 0 aliphatic heterocycles. The quantitative estimate of drug-likeness (QED) is 0.695. The summed E-state index contributed by atoms with van der Waals surface area (Å²) >= 11 is 18.1. The topological polar surface area (TPSA) is 17.1 Å². The van der Waals surface area contributed by atoms with Gasteiger partial charge < -0.3 is 0 Å². The minimum atomic E-state index is -0.0714. The minimum absolute atomic E-state index is 0.0714. The number of Topliss-reactive ketones (excluding diaryl/α,β-unsaturated/α-hetero) is 1. The van der Waals surface area contributed by atoms with Gasteiger partial charge in [-0.2, -0.15) is 0 Å². The molecule has 19 heavy (non-hydrogen) atoms. The van der Waals surface area contributed by atoms with E-state index in [-0.39, 0.29) is 12.2 Å². The highest BCUT2D eigenvalue weighted by atomic mass is 35.5. The molecule has 0 radical (unpaired) electrons. The second-order valence-corrected chi connectivity index (χ2v) is 5.49. The first-order chi connectivity index (χ1) is 8.99. The first-order valence-electron chi connectivity index (χ1n) is 5.71. The number of carbonyl (C=O) groups is 1. The molecule has 0 N–H and O–H groups in total. The van der Waals surface area contributed by atoms with E-state index >= 15 is 0 Å². The van der Waals surface area contributed by atoms with Crippen molar-refractivity contribution in [2.45, 2.75) is 13.3 Å². The van der Waals surface area contributed by atoms with Crippen LogP contribution in [0.15, 0.2) is 36.4 Å². The molecule has 4 heteroatoms. The summed E-state index contributed by atoms with van der Waals surface area (Å²) in [5, 5.41) is 1.58. The summed E-state index contributed by atoms with van der Waals surface area (Å²) in [5.74, 6) is -0.0714. The first-order valence-corrected chi connectivity index (χ1v) is 6.84. The lowest BCUT2D eigenvalue weighted by Gasteiger charge is -2.07. The highest BCUT2D eigenvalue weighted by Gasteiger charge is 2.14. The summed E-state index contributed by atoms with van der Waals surface area (Å²) in [5.41, 5.74) is 2.10. The van der Waals surface area contributed by atoms with E-state index in [1.54, 1.807) is 24.3 Å². The third-order valence-corrected chi connectivity index (χ3v) is 3.96. The normalized spacial score (nSPS) is 10.5. The van der Waals surface area contributed by atoms with Crippen LogP contribution < -0.4 is 0 Å². The van der Waals surface area contributed by atoms with Gasteiger partial charge in [0.15, 0.2) is 5.78 Å². The highest BCUT2D eigenvalue weighted by molar-refractivity contribution is 6.35. The molecule has 0 bridgehead atoms. The van der Waals surface area contributed by atoms with E-state index in [0.717, 1.165) is 5.56 Å². The minimum Gasteiger partial charge on any atom is -0.294 e. The Morgan fingerprint density at radius 1 is 1.11 bits per heavy atom. The fourth-order valence-electron chi connectivity index (χ4n) is 1.81. The van der Waals surface area contributed by atoms with Crippen molar-refractivity contribution in [3.63, 3.8) is 0 Å². The van der Waals surface area contributed by atoms with Gasteiger partial charge in [0.05, 0.1) is 5.02 Å². The number of rotatable bonds is 3. The third kappa shape index (κ3) is 3.30. The Labute approximate surface area is 127 Å². The summed E-state index contributed by atoms with van der Waals surface area (Å²) in [7, 11) is 0. The van der Waals surface area contributed by atoms with E-state index in [0.29, 0.717) is 26.2 Å². The molecule has 0 saturated carbocycles.